The van der Waals surface area contributed by atoms with Gasteiger partial charge in [0.05, 0.1) is 0 Å². The van der Waals surface area contributed by atoms with Gasteiger partial charge in [0.2, 0.25) is 5.91 Å². The fourth-order valence-corrected chi connectivity index (χ4v) is 1.43. The Morgan fingerprint density at radius 2 is 2.00 bits per heavy atom. The minimum Gasteiger partial charge on any atom is -0.355 e. The number of rotatable bonds is 5. The first-order valence-corrected chi connectivity index (χ1v) is 5.43. The zero-order valence-electron chi connectivity index (χ0n) is 9.89. The molecular formula is C12H16F2N2O. The van der Waals surface area contributed by atoms with Gasteiger partial charge in [-0.3, -0.25) is 4.79 Å². The molecule has 1 amide bonds. The highest BCUT2D eigenvalue weighted by atomic mass is 19.2. The van der Waals surface area contributed by atoms with Gasteiger partial charge in [0.25, 0.3) is 0 Å². The maximum atomic E-state index is 13.0. The highest BCUT2D eigenvalue weighted by Crippen LogP contribution is 2.15. The maximum Gasteiger partial charge on any atom is 0.216 e. The van der Waals surface area contributed by atoms with Gasteiger partial charge in [0.1, 0.15) is 0 Å². The Bertz CT molecular complexity index is 396. The normalized spacial score (nSPS) is 12.2. The number of hydrogen-bond acceptors (Lipinski definition) is 2. The third-order valence-corrected chi connectivity index (χ3v) is 2.39. The van der Waals surface area contributed by atoms with Crippen molar-refractivity contribution in [3.8, 4) is 0 Å². The lowest BCUT2D eigenvalue weighted by molar-refractivity contribution is -0.118. The van der Waals surface area contributed by atoms with Crippen LogP contribution in [0.15, 0.2) is 18.2 Å². The van der Waals surface area contributed by atoms with Crippen LogP contribution in [-0.2, 0) is 4.79 Å². The van der Waals surface area contributed by atoms with Crippen LogP contribution in [-0.4, -0.2) is 19.0 Å². The van der Waals surface area contributed by atoms with Gasteiger partial charge in [-0.2, -0.15) is 0 Å². The molecule has 94 valence electrons. The van der Waals surface area contributed by atoms with E-state index in [2.05, 4.69) is 10.6 Å². The molecule has 1 aromatic carbocycles. The van der Waals surface area contributed by atoms with Gasteiger partial charge in [0, 0.05) is 26.1 Å². The molecule has 1 aromatic rings. The molecule has 5 heteroatoms. The molecule has 0 aliphatic heterocycles. The van der Waals surface area contributed by atoms with Crippen LogP contribution < -0.4 is 10.6 Å². The summed E-state index contributed by atoms with van der Waals surface area (Å²) < 4.78 is 25.7. The lowest BCUT2D eigenvalue weighted by Crippen LogP contribution is -2.31. The molecule has 0 saturated carbocycles. The number of benzene rings is 1. The van der Waals surface area contributed by atoms with E-state index in [1.165, 1.54) is 19.1 Å². The van der Waals surface area contributed by atoms with Crippen molar-refractivity contribution in [2.75, 3.05) is 13.1 Å². The van der Waals surface area contributed by atoms with E-state index in [-0.39, 0.29) is 11.9 Å². The Morgan fingerprint density at radius 3 is 2.59 bits per heavy atom. The molecule has 0 heterocycles. The summed E-state index contributed by atoms with van der Waals surface area (Å²) >= 11 is 0. The van der Waals surface area contributed by atoms with Gasteiger partial charge < -0.3 is 10.6 Å². The summed E-state index contributed by atoms with van der Waals surface area (Å²) in [5, 5.41) is 5.73. The highest BCUT2D eigenvalue weighted by Gasteiger charge is 2.08. The van der Waals surface area contributed by atoms with Crippen molar-refractivity contribution in [2.45, 2.75) is 19.9 Å². The number of nitrogens with one attached hydrogen (secondary N) is 2. The van der Waals surface area contributed by atoms with Gasteiger partial charge in [-0.1, -0.05) is 6.07 Å². The summed E-state index contributed by atoms with van der Waals surface area (Å²) in [6.07, 6.45) is 0. The summed E-state index contributed by atoms with van der Waals surface area (Å²) in [5.41, 5.74) is 0.673. The molecule has 0 radical (unpaired) electrons. The lowest BCUT2D eigenvalue weighted by atomic mass is 10.1. The third-order valence-electron chi connectivity index (χ3n) is 2.39. The molecule has 0 fully saturated rings. The molecule has 17 heavy (non-hydrogen) atoms. The maximum absolute atomic E-state index is 13.0. The van der Waals surface area contributed by atoms with E-state index in [4.69, 9.17) is 0 Å². The molecule has 3 nitrogen and oxygen atoms in total. The largest absolute Gasteiger partial charge is 0.355 e. The predicted molar refractivity (Wildman–Crippen MR) is 61.5 cm³/mol. The Morgan fingerprint density at radius 1 is 1.29 bits per heavy atom. The fraction of sp³-hybridized carbons (Fsp3) is 0.417. The molecule has 0 aromatic heterocycles. The van der Waals surface area contributed by atoms with Gasteiger partial charge >= 0.3 is 0 Å². The molecule has 2 N–H and O–H groups in total. The Balaban J connectivity index is 2.44. The Labute approximate surface area is 99.2 Å². The molecule has 0 spiro atoms. The van der Waals surface area contributed by atoms with E-state index in [1.54, 1.807) is 0 Å². The van der Waals surface area contributed by atoms with Gasteiger partial charge in [0.15, 0.2) is 11.6 Å². The molecule has 0 aliphatic rings. The smallest absolute Gasteiger partial charge is 0.216 e. The highest BCUT2D eigenvalue weighted by molar-refractivity contribution is 5.72. The zero-order valence-corrected chi connectivity index (χ0v) is 9.89. The van der Waals surface area contributed by atoms with Gasteiger partial charge in [-0.15, -0.1) is 0 Å². The van der Waals surface area contributed by atoms with Gasteiger partial charge in [-0.05, 0) is 24.6 Å². The minimum atomic E-state index is -0.849. The second-order valence-corrected chi connectivity index (χ2v) is 3.83. The number of carbonyl (C=O) groups is 1. The van der Waals surface area contributed by atoms with Crippen LogP contribution in [0.2, 0.25) is 0 Å². The standard InChI is InChI=1S/C12H16F2N2O/c1-8(15-5-6-16-9(2)17)10-3-4-11(13)12(14)7-10/h3-4,7-8,15H,5-6H2,1-2H3,(H,16,17). The first kappa shape index (κ1) is 13.6. The number of amides is 1. The van der Waals surface area contributed by atoms with Crippen LogP contribution in [0.3, 0.4) is 0 Å². The molecule has 1 unspecified atom stereocenters. The molecule has 1 rings (SSSR count). The second kappa shape index (κ2) is 6.30. The monoisotopic (exact) mass is 242 g/mol. The SMILES string of the molecule is CC(=O)NCCNC(C)c1ccc(F)c(F)c1. The van der Waals surface area contributed by atoms with Crippen LogP contribution in [0, 0.1) is 11.6 Å². The summed E-state index contributed by atoms with van der Waals surface area (Å²) in [6.45, 7) is 4.36. The van der Waals surface area contributed by atoms with Crippen molar-refractivity contribution in [1.82, 2.24) is 10.6 Å². The van der Waals surface area contributed by atoms with E-state index in [0.717, 1.165) is 6.07 Å². The van der Waals surface area contributed by atoms with Crippen LogP contribution >= 0.6 is 0 Å². The van der Waals surface area contributed by atoms with Crippen molar-refractivity contribution in [2.24, 2.45) is 0 Å². The summed E-state index contributed by atoms with van der Waals surface area (Å²) in [7, 11) is 0. The average Bonchev–Trinajstić information content (AvgIpc) is 2.27. The van der Waals surface area contributed by atoms with E-state index >= 15 is 0 Å². The molecule has 0 aliphatic carbocycles. The average molecular weight is 242 g/mol. The van der Waals surface area contributed by atoms with E-state index in [1.807, 2.05) is 6.92 Å². The molecule has 0 saturated heterocycles. The first-order valence-electron chi connectivity index (χ1n) is 5.43. The zero-order chi connectivity index (χ0) is 12.8. The minimum absolute atomic E-state index is 0.0905. The van der Waals surface area contributed by atoms with E-state index in [0.29, 0.717) is 18.7 Å². The summed E-state index contributed by atoms with van der Waals surface area (Å²) in [6, 6.07) is 3.72. The molecule has 1 atom stereocenters. The number of halogens is 2. The van der Waals surface area contributed by atoms with E-state index < -0.39 is 11.6 Å². The van der Waals surface area contributed by atoms with Crippen molar-refractivity contribution in [3.63, 3.8) is 0 Å². The van der Waals surface area contributed by atoms with Crippen LogP contribution in [0.5, 0.6) is 0 Å². The van der Waals surface area contributed by atoms with Gasteiger partial charge in [-0.25, -0.2) is 8.78 Å². The summed E-state index contributed by atoms with van der Waals surface area (Å²) in [5.74, 6) is -1.79. The number of hydrogen-bond donors (Lipinski definition) is 2. The quantitative estimate of drug-likeness (QED) is 0.772. The molecular weight excluding hydrogens is 226 g/mol. The number of carbonyl (C=O) groups excluding carboxylic acids is 1. The lowest BCUT2D eigenvalue weighted by Gasteiger charge is -2.14. The van der Waals surface area contributed by atoms with Crippen LogP contribution in [0.25, 0.3) is 0 Å². The Kier molecular flexibility index (Phi) is 5.03. The Hall–Kier alpha value is -1.49. The summed E-state index contributed by atoms with van der Waals surface area (Å²) in [4.78, 5) is 10.6. The van der Waals surface area contributed by atoms with Crippen LogP contribution in [0.4, 0.5) is 8.78 Å². The second-order valence-electron chi connectivity index (χ2n) is 3.83. The predicted octanol–water partition coefficient (Wildman–Crippen LogP) is 1.75. The van der Waals surface area contributed by atoms with Crippen LogP contribution in [0.1, 0.15) is 25.5 Å². The molecule has 0 bridgehead atoms. The van der Waals surface area contributed by atoms with Crippen molar-refractivity contribution in [1.29, 1.82) is 0 Å². The van der Waals surface area contributed by atoms with Crippen molar-refractivity contribution < 1.29 is 13.6 Å². The fourth-order valence-electron chi connectivity index (χ4n) is 1.43. The third kappa shape index (κ3) is 4.48. The topological polar surface area (TPSA) is 41.1 Å². The first-order chi connectivity index (χ1) is 8.00. The van der Waals surface area contributed by atoms with E-state index in [9.17, 15) is 13.6 Å². The van der Waals surface area contributed by atoms with Crippen molar-refractivity contribution >= 4 is 5.91 Å². The van der Waals surface area contributed by atoms with Crippen molar-refractivity contribution in [3.05, 3.63) is 35.4 Å².